The minimum Gasteiger partial charge on any atom is -0.490 e. The van der Waals surface area contributed by atoms with Crippen molar-refractivity contribution in [3.05, 3.63) is 78.4 Å². The van der Waals surface area contributed by atoms with E-state index in [-0.39, 0.29) is 17.6 Å². The van der Waals surface area contributed by atoms with Crippen LogP contribution in [0.1, 0.15) is 33.6 Å². The Balaban J connectivity index is 1.56. The lowest BCUT2D eigenvalue weighted by atomic mass is 9.88. The van der Waals surface area contributed by atoms with E-state index in [9.17, 15) is 9.59 Å². The summed E-state index contributed by atoms with van der Waals surface area (Å²) < 4.78 is 5.44. The number of benzene rings is 2. The van der Waals surface area contributed by atoms with E-state index in [4.69, 9.17) is 4.74 Å². The molecule has 0 N–H and O–H groups in total. The molecule has 1 saturated heterocycles. The van der Waals surface area contributed by atoms with Crippen LogP contribution in [-0.2, 0) is 0 Å². The van der Waals surface area contributed by atoms with Crippen molar-refractivity contribution in [1.29, 1.82) is 0 Å². The van der Waals surface area contributed by atoms with Crippen LogP contribution in [0.2, 0.25) is 0 Å². The zero-order valence-corrected chi connectivity index (χ0v) is 14.8. The summed E-state index contributed by atoms with van der Waals surface area (Å²) in [6, 6.07) is 16.5. The molecular formula is C22H23NO3. The summed E-state index contributed by atoms with van der Waals surface area (Å²) in [7, 11) is 0. The fourth-order valence-corrected chi connectivity index (χ4v) is 3.21. The third kappa shape index (κ3) is 4.20. The SMILES string of the molecule is C=CCOc1ccc(C(=O)N2CCC(C(=O)c3ccccc3)CC2)cc1. The van der Waals surface area contributed by atoms with Crippen LogP contribution in [0.25, 0.3) is 0 Å². The lowest BCUT2D eigenvalue weighted by Gasteiger charge is -2.31. The first-order chi connectivity index (χ1) is 12.7. The summed E-state index contributed by atoms with van der Waals surface area (Å²) >= 11 is 0. The largest absolute Gasteiger partial charge is 0.490 e. The van der Waals surface area contributed by atoms with Crippen LogP contribution in [0.15, 0.2) is 67.3 Å². The zero-order chi connectivity index (χ0) is 18.4. The van der Waals surface area contributed by atoms with Crippen molar-refractivity contribution in [2.24, 2.45) is 5.92 Å². The molecule has 1 aliphatic heterocycles. The molecular weight excluding hydrogens is 326 g/mol. The Hall–Kier alpha value is -2.88. The first-order valence-corrected chi connectivity index (χ1v) is 8.91. The van der Waals surface area contributed by atoms with Crippen molar-refractivity contribution in [2.75, 3.05) is 19.7 Å². The molecule has 1 amide bonds. The third-order valence-corrected chi connectivity index (χ3v) is 4.68. The number of carbonyl (C=O) groups excluding carboxylic acids is 2. The van der Waals surface area contributed by atoms with Gasteiger partial charge in [0.2, 0.25) is 0 Å². The average molecular weight is 349 g/mol. The second kappa shape index (κ2) is 8.48. The van der Waals surface area contributed by atoms with Gasteiger partial charge in [0, 0.05) is 30.1 Å². The maximum atomic E-state index is 12.7. The number of hydrogen-bond donors (Lipinski definition) is 0. The van der Waals surface area contributed by atoms with Crippen LogP contribution >= 0.6 is 0 Å². The van der Waals surface area contributed by atoms with Gasteiger partial charge in [-0.2, -0.15) is 0 Å². The molecule has 0 atom stereocenters. The minimum atomic E-state index is -0.00358. The molecule has 0 aliphatic carbocycles. The second-order valence-electron chi connectivity index (χ2n) is 6.42. The van der Waals surface area contributed by atoms with Crippen LogP contribution < -0.4 is 4.74 Å². The minimum absolute atomic E-state index is 0.00358. The van der Waals surface area contributed by atoms with Gasteiger partial charge in [-0.15, -0.1) is 0 Å². The zero-order valence-electron chi connectivity index (χ0n) is 14.8. The Morgan fingerprint density at radius 2 is 1.65 bits per heavy atom. The number of carbonyl (C=O) groups is 2. The van der Waals surface area contributed by atoms with E-state index in [1.165, 1.54) is 0 Å². The molecule has 3 rings (SSSR count). The summed E-state index contributed by atoms with van der Waals surface area (Å²) in [4.78, 5) is 27.0. The summed E-state index contributed by atoms with van der Waals surface area (Å²) in [5.41, 5.74) is 1.40. The number of ether oxygens (including phenoxy) is 1. The molecule has 0 aromatic heterocycles. The first kappa shape index (κ1) is 17.9. The molecule has 1 heterocycles. The Kier molecular flexibility index (Phi) is 5.84. The topological polar surface area (TPSA) is 46.6 Å². The number of amides is 1. The highest BCUT2D eigenvalue weighted by atomic mass is 16.5. The van der Waals surface area contributed by atoms with E-state index in [1.807, 2.05) is 35.2 Å². The molecule has 0 radical (unpaired) electrons. The number of nitrogens with zero attached hydrogens (tertiary/aromatic N) is 1. The van der Waals surface area contributed by atoms with E-state index in [2.05, 4.69) is 6.58 Å². The fourth-order valence-electron chi connectivity index (χ4n) is 3.21. The molecule has 26 heavy (non-hydrogen) atoms. The summed E-state index contributed by atoms with van der Waals surface area (Å²) in [5, 5.41) is 0. The van der Waals surface area contributed by atoms with Gasteiger partial charge in [-0.05, 0) is 37.1 Å². The van der Waals surface area contributed by atoms with Crippen molar-refractivity contribution in [3.63, 3.8) is 0 Å². The highest BCUT2D eigenvalue weighted by Crippen LogP contribution is 2.23. The molecule has 0 saturated carbocycles. The van der Waals surface area contributed by atoms with E-state index >= 15 is 0 Å². The van der Waals surface area contributed by atoms with Crippen molar-refractivity contribution >= 4 is 11.7 Å². The molecule has 2 aromatic carbocycles. The van der Waals surface area contributed by atoms with Gasteiger partial charge in [0.1, 0.15) is 12.4 Å². The maximum Gasteiger partial charge on any atom is 0.253 e. The van der Waals surface area contributed by atoms with Gasteiger partial charge in [0.05, 0.1) is 0 Å². The van der Waals surface area contributed by atoms with Gasteiger partial charge in [0.15, 0.2) is 5.78 Å². The average Bonchev–Trinajstić information content (AvgIpc) is 2.72. The highest BCUT2D eigenvalue weighted by Gasteiger charge is 2.28. The van der Waals surface area contributed by atoms with Gasteiger partial charge < -0.3 is 9.64 Å². The Morgan fingerprint density at radius 3 is 2.27 bits per heavy atom. The van der Waals surface area contributed by atoms with Gasteiger partial charge >= 0.3 is 0 Å². The molecule has 0 bridgehead atoms. The summed E-state index contributed by atoms with van der Waals surface area (Å²) in [5.74, 6) is 0.900. The van der Waals surface area contributed by atoms with Gasteiger partial charge in [0.25, 0.3) is 5.91 Å². The van der Waals surface area contributed by atoms with Crippen LogP contribution in [0.3, 0.4) is 0 Å². The quantitative estimate of drug-likeness (QED) is 0.585. The van der Waals surface area contributed by atoms with Crippen molar-refractivity contribution in [2.45, 2.75) is 12.8 Å². The first-order valence-electron chi connectivity index (χ1n) is 8.91. The summed E-state index contributed by atoms with van der Waals surface area (Å²) in [6.45, 7) is 5.27. The molecule has 1 aliphatic rings. The predicted octanol–water partition coefficient (Wildman–Crippen LogP) is 3.99. The summed E-state index contributed by atoms with van der Waals surface area (Å²) in [6.07, 6.45) is 3.10. The van der Waals surface area contributed by atoms with Crippen molar-refractivity contribution < 1.29 is 14.3 Å². The smallest absolute Gasteiger partial charge is 0.253 e. The van der Waals surface area contributed by atoms with Crippen LogP contribution in [0.5, 0.6) is 5.75 Å². The van der Waals surface area contributed by atoms with E-state index in [1.54, 1.807) is 30.3 Å². The van der Waals surface area contributed by atoms with Crippen molar-refractivity contribution in [1.82, 2.24) is 4.90 Å². The fraction of sp³-hybridized carbons (Fsp3) is 0.273. The maximum absolute atomic E-state index is 12.7. The molecule has 1 fully saturated rings. The number of rotatable bonds is 6. The normalized spacial score (nSPS) is 14.7. The van der Waals surface area contributed by atoms with Gasteiger partial charge in [-0.25, -0.2) is 0 Å². The number of hydrogen-bond acceptors (Lipinski definition) is 3. The lowest BCUT2D eigenvalue weighted by Crippen LogP contribution is -2.40. The van der Waals surface area contributed by atoms with Crippen LogP contribution in [-0.4, -0.2) is 36.3 Å². The predicted molar refractivity (Wildman–Crippen MR) is 102 cm³/mol. The molecule has 2 aromatic rings. The molecule has 4 heteroatoms. The van der Waals surface area contributed by atoms with Crippen molar-refractivity contribution in [3.8, 4) is 5.75 Å². The van der Waals surface area contributed by atoms with E-state index in [0.29, 0.717) is 43.9 Å². The Labute approximate surface area is 154 Å². The van der Waals surface area contributed by atoms with Gasteiger partial charge in [-0.1, -0.05) is 43.0 Å². The number of ketones is 1. The van der Waals surface area contributed by atoms with Crippen LogP contribution in [0.4, 0.5) is 0 Å². The Bertz CT molecular complexity index is 760. The van der Waals surface area contributed by atoms with E-state index < -0.39 is 0 Å². The third-order valence-electron chi connectivity index (χ3n) is 4.68. The number of Topliss-reactive ketones (excluding diaryl/α,β-unsaturated/α-hetero) is 1. The molecule has 0 spiro atoms. The standard InChI is InChI=1S/C22H23NO3/c1-2-16-26-20-10-8-19(9-11-20)22(25)23-14-12-18(13-15-23)21(24)17-6-4-3-5-7-17/h2-11,18H,1,12-16H2. The van der Waals surface area contributed by atoms with Crippen LogP contribution in [0, 0.1) is 5.92 Å². The Morgan fingerprint density at radius 1 is 1.00 bits per heavy atom. The second-order valence-corrected chi connectivity index (χ2v) is 6.42. The van der Waals surface area contributed by atoms with Gasteiger partial charge in [-0.3, -0.25) is 9.59 Å². The number of piperidine rings is 1. The molecule has 134 valence electrons. The molecule has 0 unspecified atom stereocenters. The lowest BCUT2D eigenvalue weighted by molar-refractivity contribution is 0.0650. The van der Waals surface area contributed by atoms with E-state index in [0.717, 1.165) is 5.56 Å². The monoisotopic (exact) mass is 349 g/mol. The molecule has 4 nitrogen and oxygen atoms in total. The highest BCUT2D eigenvalue weighted by molar-refractivity contribution is 5.98. The number of likely N-dealkylation sites (tertiary alicyclic amines) is 1.